The molecule has 0 saturated carbocycles. The summed E-state index contributed by atoms with van der Waals surface area (Å²) in [5, 5.41) is 3.12. The lowest BCUT2D eigenvalue weighted by Crippen LogP contribution is -2.04. The molecule has 0 aromatic heterocycles. The van der Waals surface area contributed by atoms with Crippen LogP contribution in [0.5, 0.6) is 11.5 Å². The van der Waals surface area contributed by atoms with Gasteiger partial charge in [0.2, 0.25) is 0 Å². The van der Waals surface area contributed by atoms with Crippen molar-refractivity contribution in [3.8, 4) is 11.5 Å². The van der Waals surface area contributed by atoms with Gasteiger partial charge in [0.1, 0.15) is 17.3 Å². The van der Waals surface area contributed by atoms with E-state index in [-0.39, 0.29) is 5.02 Å². The van der Waals surface area contributed by atoms with Gasteiger partial charge in [-0.1, -0.05) is 23.7 Å². The summed E-state index contributed by atoms with van der Waals surface area (Å²) in [5.74, 6) is 0.525. The third-order valence-corrected chi connectivity index (χ3v) is 3.42. The summed E-state index contributed by atoms with van der Waals surface area (Å²) >= 11 is 8.97. The fraction of sp³-hybridized carbons (Fsp3) is 0.143. The molecule has 2 nitrogen and oxygen atoms in total. The van der Waals surface area contributed by atoms with Gasteiger partial charge in [-0.05, 0) is 46.7 Å². The minimum atomic E-state index is -0.508. The van der Waals surface area contributed by atoms with Crippen LogP contribution in [-0.4, -0.2) is 7.05 Å². The Morgan fingerprint density at radius 1 is 1.26 bits per heavy atom. The zero-order valence-corrected chi connectivity index (χ0v) is 12.6. The van der Waals surface area contributed by atoms with E-state index in [1.807, 2.05) is 31.3 Å². The molecule has 2 rings (SSSR count). The Labute approximate surface area is 124 Å². The molecule has 0 aliphatic carbocycles. The number of nitrogens with one attached hydrogen (secondary N) is 1. The van der Waals surface area contributed by atoms with Gasteiger partial charge < -0.3 is 10.1 Å². The van der Waals surface area contributed by atoms with Crippen LogP contribution in [-0.2, 0) is 6.54 Å². The van der Waals surface area contributed by atoms with Gasteiger partial charge in [-0.3, -0.25) is 0 Å². The molecule has 0 fully saturated rings. The van der Waals surface area contributed by atoms with Crippen LogP contribution in [0.15, 0.2) is 40.9 Å². The minimum absolute atomic E-state index is 0.0589. The lowest BCUT2D eigenvalue weighted by Gasteiger charge is -2.09. The highest BCUT2D eigenvalue weighted by molar-refractivity contribution is 9.10. The van der Waals surface area contributed by atoms with Crippen molar-refractivity contribution in [3.63, 3.8) is 0 Å². The number of ether oxygens (including phenoxy) is 1. The summed E-state index contributed by atoms with van der Waals surface area (Å²) < 4.78 is 19.6. The number of benzene rings is 2. The molecule has 19 heavy (non-hydrogen) atoms. The van der Waals surface area contributed by atoms with Gasteiger partial charge >= 0.3 is 0 Å². The zero-order valence-electron chi connectivity index (χ0n) is 10.2. The number of halogens is 3. The van der Waals surface area contributed by atoms with Gasteiger partial charge in [0.25, 0.3) is 0 Å². The van der Waals surface area contributed by atoms with Gasteiger partial charge in [-0.25, -0.2) is 4.39 Å². The van der Waals surface area contributed by atoms with E-state index >= 15 is 0 Å². The van der Waals surface area contributed by atoms with Gasteiger partial charge in [-0.2, -0.15) is 0 Å². The predicted octanol–water partition coefficient (Wildman–Crippen LogP) is 4.75. The summed E-state index contributed by atoms with van der Waals surface area (Å²) in [5.41, 5.74) is 1.15. The van der Waals surface area contributed by atoms with Crippen LogP contribution in [0.2, 0.25) is 5.02 Å². The summed E-state index contributed by atoms with van der Waals surface area (Å²) in [6.45, 7) is 0.791. The Morgan fingerprint density at radius 2 is 1.95 bits per heavy atom. The number of hydrogen-bond donors (Lipinski definition) is 1. The van der Waals surface area contributed by atoms with E-state index in [0.29, 0.717) is 16.0 Å². The Hall–Kier alpha value is -1.10. The molecule has 0 aliphatic heterocycles. The average molecular weight is 345 g/mol. The molecule has 0 saturated heterocycles. The first-order valence-corrected chi connectivity index (χ1v) is 6.83. The molecule has 0 aliphatic rings. The third-order valence-electron chi connectivity index (χ3n) is 2.51. The van der Waals surface area contributed by atoms with Crippen LogP contribution in [0.4, 0.5) is 4.39 Å². The highest BCUT2D eigenvalue weighted by Gasteiger charge is 2.08. The maximum Gasteiger partial charge on any atom is 0.145 e. The average Bonchev–Trinajstić information content (AvgIpc) is 2.38. The van der Waals surface area contributed by atoms with Gasteiger partial charge in [0, 0.05) is 12.6 Å². The van der Waals surface area contributed by atoms with Crippen molar-refractivity contribution < 1.29 is 9.13 Å². The first-order chi connectivity index (χ1) is 9.10. The monoisotopic (exact) mass is 343 g/mol. The van der Waals surface area contributed by atoms with Gasteiger partial charge in [0.15, 0.2) is 0 Å². The Bertz CT molecular complexity index is 574. The van der Waals surface area contributed by atoms with Crippen LogP contribution in [0.1, 0.15) is 5.56 Å². The molecular weight excluding hydrogens is 333 g/mol. The molecule has 2 aromatic rings. The maximum absolute atomic E-state index is 13.4. The van der Waals surface area contributed by atoms with Crippen molar-refractivity contribution in [1.29, 1.82) is 0 Å². The molecule has 1 N–H and O–H groups in total. The standard InChI is InChI=1S/C14H12BrClFNO/c1-18-8-9-2-4-10(5-3-9)19-14-7-13(17)12(16)6-11(14)15/h2-7,18H,8H2,1H3. The van der Waals surface area contributed by atoms with Crippen molar-refractivity contribution in [2.45, 2.75) is 6.54 Å². The van der Waals surface area contributed by atoms with E-state index in [9.17, 15) is 4.39 Å². The second kappa shape index (κ2) is 6.37. The van der Waals surface area contributed by atoms with Gasteiger partial charge in [-0.15, -0.1) is 0 Å². The van der Waals surface area contributed by atoms with Crippen LogP contribution in [0.25, 0.3) is 0 Å². The molecule has 0 heterocycles. The lowest BCUT2D eigenvalue weighted by atomic mass is 10.2. The number of hydrogen-bond acceptors (Lipinski definition) is 2. The summed E-state index contributed by atoms with van der Waals surface area (Å²) in [6.07, 6.45) is 0. The Kier molecular flexibility index (Phi) is 4.80. The predicted molar refractivity (Wildman–Crippen MR) is 78.4 cm³/mol. The second-order valence-electron chi connectivity index (χ2n) is 3.97. The second-order valence-corrected chi connectivity index (χ2v) is 5.23. The van der Waals surface area contributed by atoms with Gasteiger partial charge in [0.05, 0.1) is 9.50 Å². The van der Waals surface area contributed by atoms with E-state index in [2.05, 4.69) is 21.2 Å². The Balaban J connectivity index is 2.19. The minimum Gasteiger partial charge on any atom is -0.456 e. The lowest BCUT2D eigenvalue weighted by molar-refractivity contribution is 0.473. The van der Waals surface area contributed by atoms with Crippen LogP contribution in [0.3, 0.4) is 0 Å². The van der Waals surface area contributed by atoms with E-state index in [1.165, 1.54) is 12.1 Å². The quantitative estimate of drug-likeness (QED) is 0.808. The van der Waals surface area contributed by atoms with Crippen molar-refractivity contribution >= 4 is 27.5 Å². The van der Waals surface area contributed by atoms with Crippen molar-refractivity contribution in [1.82, 2.24) is 5.32 Å². The first kappa shape index (κ1) is 14.3. The zero-order chi connectivity index (χ0) is 13.8. The van der Waals surface area contributed by atoms with Crippen LogP contribution in [0, 0.1) is 5.82 Å². The van der Waals surface area contributed by atoms with Crippen molar-refractivity contribution in [2.75, 3.05) is 7.05 Å². The van der Waals surface area contributed by atoms with Crippen molar-refractivity contribution in [3.05, 3.63) is 57.3 Å². The van der Waals surface area contributed by atoms with Crippen LogP contribution < -0.4 is 10.1 Å². The summed E-state index contributed by atoms with van der Waals surface area (Å²) in [4.78, 5) is 0. The van der Waals surface area contributed by atoms with Crippen LogP contribution >= 0.6 is 27.5 Å². The molecule has 100 valence electrons. The summed E-state index contributed by atoms with van der Waals surface area (Å²) in [6, 6.07) is 10.3. The molecule has 0 atom stereocenters. The molecule has 2 aromatic carbocycles. The highest BCUT2D eigenvalue weighted by atomic mass is 79.9. The van der Waals surface area contributed by atoms with E-state index in [4.69, 9.17) is 16.3 Å². The molecular formula is C14H12BrClFNO. The molecule has 0 spiro atoms. The third kappa shape index (κ3) is 3.69. The molecule has 0 radical (unpaired) electrons. The fourth-order valence-corrected chi connectivity index (χ4v) is 2.31. The fourth-order valence-electron chi connectivity index (χ4n) is 1.59. The van der Waals surface area contributed by atoms with E-state index in [0.717, 1.165) is 12.1 Å². The van der Waals surface area contributed by atoms with E-state index < -0.39 is 5.82 Å². The Morgan fingerprint density at radius 3 is 2.58 bits per heavy atom. The largest absolute Gasteiger partial charge is 0.456 e. The first-order valence-electron chi connectivity index (χ1n) is 5.66. The topological polar surface area (TPSA) is 21.3 Å². The number of rotatable bonds is 4. The van der Waals surface area contributed by atoms with E-state index in [1.54, 1.807) is 0 Å². The smallest absolute Gasteiger partial charge is 0.145 e. The molecule has 5 heteroatoms. The molecule has 0 amide bonds. The molecule has 0 bridgehead atoms. The van der Waals surface area contributed by atoms with Crippen molar-refractivity contribution in [2.24, 2.45) is 0 Å². The molecule has 0 unspecified atom stereocenters. The maximum atomic E-state index is 13.4. The summed E-state index contributed by atoms with van der Waals surface area (Å²) in [7, 11) is 1.89. The normalized spacial score (nSPS) is 10.5. The highest BCUT2D eigenvalue weighted by Crippen LogP contribution is 2.33. The SMILES string of the molecule is CNCc1ccc(Oc2cc(F)c(Cl)cc2Br)cc1.